The average molecular weight is 345 g/mol. The molecule has 2 aliphatic rings. The van der Waals surface area contributed by atoms with Crippen LogP contribution in [0.15, 0.2) is 23.1 Å². The summed E-state index contributed by atoms with van der Waals surface area (Å²) in [4.78, 5) is 41.3. The van der Waals surface area contributed by atoms with Gasteiger partial charge in [-0.3, -0.25) is 14.4 Å². The molecule has 1 aromatic rings. The van der Waals surface area contributed by atoms with Crippen LogP contribution in [0.1, 0.15) is 49.4 Å². The van der Waals surface area contributed by atoms with Crippen molar-refractivity contribution in [1.29, 1.82) is 0 Å². The quantitative estimate of drug-likeness (QED) is 0.819. The first kappa shape index (κ1) is 17.7. The summed E-state index contributed by atoms with van der Waals surface area (Å²) < 4.78 is 1.44. The highest BCUT2D eigenvalue weighted by Crippen LogP contribution is 2.24. The molecule has 25 heavy (non-hydrogen) atoms. The SMILES string of the molecule is CC1CCN(C(=O)[C@@H]2CCCCN2C(=O)c2ccn(C)c(=O)c2)CC1. The van der Waals surface area contributed by atoms with Crippen LogP contribution in [0.25, 0.3) is 0 Å². The summed E-state index contributed by atoms with van der Waals surface area (Å²) in [5.74, 6) is 0.526. The Morgan fingerprint density at radius 3 is 2.48 bits per heavy atom. The molecule has 0 aliphatic carbocycles. The Labute approximate surface area is 148 Å². The number of aryl methyl sites for hydroxylation is 1. The van der Waals surface area contributed by atoms with E-state index >= 15 is 0 Å². The lowest BCUT2D eigenvalue weighted by Crippen LogP contribution is -2.54. The number of aromatic nitrogens is 1. The highest BCUT2D eigenvalue weighted by Gasteiger charge is 2.36. The molecule has 1 atom stereocenters. The third kappa shape index (κ3) is 3.78. The van der Waals surface area contributed by atoms with E-state index in [1.807, 2.05) is 4.90 Å². The van der Waals surface area contributed by atoms with E-state index in [2.05, 4.69) is 6.92 Å². The minimum atomic E-state index is -0.390. The molecule has 2 saturated heterocycles. The van der Waals surface area contributed by atoms with Gasteiger partial charge in [-0.25, -0.2) is 0 Å². The molecule has 0 N–H and O–H groups in total. The topological polar surface area (TPSA) is 62.6 Å². The van der Waals surface area contributed by atoms with Crippen LogP contribution in [-0.4, -0.2) is 51.9 Å². The van der Waals surface area contributed by atoms with Gasteiger partial charge in [0.05, 0.1) is 0 Å². The fourth-order valence-corrected chi connectivity index (χ4v) is 3.72. The van der Waals surface area contributed by atoms with Crippen LogP contribution in [0.5, 0.6) is 0 Å². The smallest absolute Gasteiger partial charge is 0.254 e. The number of amides is 2. The van der Waals surface area contributed by atoms with Crippen molar-refractivity contribution >= 4 is 11.8 Å². The number of rotatable bonds is 2. The number of pyridine rings is 1. The van der Waals surface area contributed by atoms with Gasteiger partial charge >= 0.3 is 0 Å². The lowest BCUT2D eigenvalue weighted by atomic mass is 9.96. The lowest BCUT2D eigenvalue weighted by Gasteiger charge is -2.39. The maximum atomic E-state index is 13.0. The van der Waals surface area contributed by atoms with Gasteiger partial charge in [-0.15, -0.1) is 0 Å². The predicted molar refractivity (Wildman–Crippen MR) is 95.3 cm³/mol. The third-order valence-corrected chi connectivity index (χ3v) is 5.50. The monoisotopic (exact) mass is 345 g/mol. The molecule has 2 amide bonds. The Bertz CT molecular complexity index is 704. The first-order valence-corrected chi connectivity index (χ1v) is 9.24. The average Bonchev–Trinajstić information content (AvgIpc) is 2.63. The van der Waals surface area contributed by atoms with Gasteiger partial charge in [-0.05, 0) is 44.1 Å². The van der Waals surface area contributed by atoms with Crippen molar-refractivity contribution in [3.8, 4) is 0 Å². The van der Waals surface area contributed by atoms with Crippen molar-refractivity contribution in [3.63, 3.8) is 0 Å². The number of piperidine rings is 2. The largest absolute Gasteiger partial charge is 0.341 e. The van der Waals surface area contributed by atoms with Gasteiger partial charge in [0, 0.05) is 44.5 Å². The number of likely N-dealkylation sites (tertiary alicyclic amines) is 2. The number of hydrogen-bond donors (Lipinski definition) is 0. The molecule has 3 heterocycles. The first-order valence-electron chi connectivity index (χ1n) is 9.24. The molecule has 2 aliphatic heterocycles. The van der Waals surface area contributed by atoms with Gasteiger partial charge in [-0.1, -0.05) is 6.92 Å². The summed E-state index contributed by atoms with van der Waals surface area (Å²) in [6.45, 7) is 4.36. The van der Waals surface area contributed by atoms with Gasteiger partial charge in [0.15, 0.2) is 0 Å². The summed E-state index contributed by atoms with van der Waals surface area (Å²) in [7, 11) is 1.65. The Morgan fingerprint density at radius 1 is 1.08 bits per heavy atom. The van der Waals surface area contributed by atoms with Crippen molar-refractivity contribution in [3.05, 3.63) is 34.2 Å². The summed E-state index contributed by atoms with van der Waals surface area (Å²) in [5, 5.41) is 0. The Balaban J connectivity index is 1.78. The van der Waals surface area contributed by atoms with Crippen LogP contribution in [0.2, 0.25) is 0 Å². The standard InChI is InChI=1S/C19H27N3O3/c1-14-6-11-21(12-7-14)19(25)16-5-3-4-9-22(16)18(24)15-8-10-20(2)17(23)13-15/h8,10,13-14,16H,3-7,9,11-12H2,1-2H3/t16-/m0/s1. The van der Waals surface area contributed by atoms with Gasteiger partial charge in [-0.2, -0.15) is 0 Å². The molecule has 6 heteroatoms. The molecule has 3 rings (SSSR count). The van der Waals surface area contributed by atoms with Crippen molar-refractivity contribution in [2.24, 2.45) is 13.0 Å². The van der Waals surface area contributed by atoms with Crippen LogP contribution >= 0.6 is 0 Å². The molecular formula is C19H27N3O3. The second-order valence-corrected chi connectivity index (χ2v) is 7.38. The van der Waals surface area contributed by atoms with E-state index in [1.54, 1.807) is 24.2 Å². The third-order valence-electron chi connectivity index (χ3n) is 5.50. The van der Waals surface area contributed by atoms with Crippen LogP contribution in [0.3, 0.4) is 0 Å². The zero-order valence-electron chi connectivity index (χ0n) is 15.1. The van der Waals surface area contributed by atoms with E-state index in [0.29, 0.717) is 24.4 Å². The molecule has 0 bridgehead atoms. The molecule has 6 nitrogen and oxygen atoms in total. The Kier molecular flexibility index (Phi) is 5.25. The van der Waals surface area contributed by atoms with Crippen molar-refractivity contribution in [2.45, 2.75) is 45.1 Å². The second-order valence-electron chi connectivity index (χ2n) is 7.38. The van der Waals surface area contributed by atoms with E-state index < -0.39 is 6.04 Å². The van der Waals surface area contributed by atoms with E-state index in [-0.39, 0.29) is 17.4 Å². The molecule has 0 saturated carbocycles. The van der Waals surface area contributed by atoms with Crippen LogP contribution < -0.4 is 5.56 Å². The predicted octanol–water partition coefficient (Wildman–Crippen LogP) is 1.64. The fraction of sp³-hybridized carbons (Fsp3) is 0.632. The normalized spacial score (nSPS) is 22.1. The summed E-state index contributed by atoms with van der Waals surface area (Å²) >= 11 is 0. The number of nitrogens with zero attached hydrogens (tertiary/aromatic N) is 3. The maximum Gasteiger partial charge on any atom is 0.254 e. The highest BCUT2D eigenvalue weighted by molar-refractivity contribution is 5.97. The molecular weight excluding hydrogens is 318 g/mol. The number of carbonyl (C=O) groups is 2. The highest BCUT2D eigenvalue weighted by atomic mass is 16.2. The van der Waals surface area contributed by atoms with Crippen LogP contribution in [-0.2, 0) is 11.8 Å². The van der Waals surface area contributed by atoms with Crippen LogP contribution in [0, 0.1) is 5.92 Å². The zero-order valence-corrected chi connectivity index (χ0v) is 15.1. The second kappa shape index (κ2) is 7.42. The molecule has 0 unspecified atom stereocenters. The fourth-order valence-electron chi connectivity index (χ4n) is 3.72. The molecule has 136 valence electrons. The van der Waals surface area contributed by atoms with E-state index in [4.69, 9.17) is 0 Å². The molecule has 1 aromatic heterocycles. The molecule has 0 radical (unpaired) electrons. The van der Waals surface area contributed by atoms with Crippen molar-refractivity contribution in [1.82, 2.24) is 14.4 Å². The number of carbonyl (C=O) groups excluding carboxylic acids is 2. The zero-order chi connectivity index (χ0) is 18.0. The van der Waals surface area contributed by atoms with Crippen molar-refractivity contribution in [2.75, 3.05) is 19.6 Å². The lowest BCUT2D eigenvalue weighted by molar-refractivity contribution is -0.138. The van der Waals surface area contributed by atoms with Crippen molar-refractivity contribution < 1.29 is 9.59 Å². The summed E-state index contributed by atoms with van der Waals surface area (Å²) in [6.07, 6.45) is 6.23. The molecule has 0 aromatic carbocycles. The maximum absolute atomic E-state index is 13.0. The molecule has 0 spiro atoms. The Morgan fingerprint density at radius 2 is 1.80 bits per heavy atom. The summed E-state index contributed by atoms with van der Waals surface area (Å²) in [5.41, 5.74) is 0.158. The van der Waals surface area contributed by atoms with E-state index in [1.165, 1.54) is 10.6 Å². The minimum Gasteiger partial charge on any atom is -0.341 e. The van der Waals surface area contributed by atoms with E-state index in [9.17, 15) is 14.4 Å². The Hall–Kier alpha value is -2.11. The van der Waals surface area contributed by atoms with Gasteiger partial charge in [0.1, 0.15) is 6.04 Å². The minimum absolute atomic E-state index is 0.0729. The summed E-state index contributed by atoms with van der Waals surface area (Å²) in [6, 6.07) is 2.63. The first-order chi connectivity index (χ1) is 12.0. The van der Waals surface area contributed by atoms with Gasteiger partial charge < -0.3 is 14.4 Å². The van der Waals surface area contributed by atoms with E-state index in [0.717, 1.165) is 38.8 Å². The van der Waals surface area contributed by atoms with Crippen LogP contribution in [0.4, 0.5) is 0 Å². The van der Waals surface area contributed by atoms with Gasteiger partial charge in [0.25, 0.3) is 11.5 Å². The molecule has 2 fully saturated rings. The number of hydrogen-bond acceptors (Lipinski definition) is 3. The van der Waals surface area contributed by atoms with Gasteiger partial charge in [0.2, 0.25) is 5.91 Å².